The Morgan fingerprint density at radius 1 is 1.08 bits per heavy atom. The second kappa shape index (κ2) is 6.14. The van der Waals surface area contributed by atoms with Gasteiger partial charge in [0, 0.05) is 29.7 Å². The van der Waals surface area contributed by atoms with Crippen LogP contribution in [0.25, 0.3) is 22.6 Å². The zero-order valence-corrected chi connectivity index (χ0v) is 16.0. The monoisotopic (exact) mass is 337 g/mol. The fraction of sp³-hybridized carbons (Fsp3) is 0.450. The average molecular weight is 337 g/mol. The molecule has 0 unspecified atom stereocenters. The van der Waals surface area contributed by atoms with E-state index < -0.39 is 0 Å². The Morgan fingerprint density at radius 3 is 2.48 bits per heavy atom. The van der Waals surface area contributed by atoms with Crippen molar-refractivity contribution in [2.45, 2.75) is 53.5 Å². The summed E-state index contributed by atoms with van der Waals surface area (Å²) in [5, 5.41) is 0. The van der Waals surface area contributed by atoms with E-state index in [0.717, 1.165) is 34.5 Å². The van der Waals surface area contributed by atoms with Gasteiger partial charge in [-0.15, -0.1) is 0 Å². The van der Waals surface area contributed by atoms with Crippen LogP contribution in [0, 0.1) is 12.3 Å². The van der Waals surface area contributed by atoms with E-state index >= 15 is 0 Å². The third-order valence-corrected chi connectivity index (χ3v) is 4.05. The maximum atomic E-state index is 4.86. The number of nitrogens with zero attached hydrogens (tertiary/aromatic N) is 4. The van der Waals surface area contributed by atoms with Crippen molar-refractivity contribution >= 4 is 11.2 Å². The van der Waals surface area contributed by atoms with Crippen molar-refractivity contribution in [2.24, 2.45) is 5.41 Å². The highest BCUT2D eigenvalue weighted by Gasteiger charge is 2.27. The number of pyridine rings is 2. The highest BCUT2D eigenvalue weighted by atomic mass is 15.5. The minimum atomic E-state index is -0.117. The highest BCUT2D eigenvalue weighted by molar-refractivity contribution is 5.80. The molecule has 0 spiro atoms. The molecule has 25 heavy (non-hydrogen) atoms. The molecule has 5 heteroatoms. The summed E-state index contributed by atoms with van der Waals surface area (Å²) in [5.74, 6) is 0.840. The Hall–Kier alpha value is -2.43. The van der Waals surface area contributed by atoms with Gasteiger partial charge in [0.25, 0.3) is 0 Å². The van der Waals surface area contributed by atoms with Gasteiger partial charge in [-0.1, -0.05) is 20.8 Å². The number of rotatable bonds is 4. The SMILES string of the molecule is Cc1ccnc2c1nc(-c1cccnc1)n2NC(C)(C)CC(C)(C)C. The van der Waals surface area contributed by atoms with E-state index in [1.165, 1.54) is 0 Å². The molecule has 3 aromatic rings. The molecular formula is C20H27N5. The van der Waals surface area contributed by atoms with Gasteiger partial charge < -0.3 is 5.43 Å². The van der Waals surface area contributed by atoms with Gasteiger partial charge in [0.1, 0.15) is 5.52 Å². The minimum Gasteiger partial charge on any atom is -0.317 e. The van der Waals surface area contributed by atoms with Crippen LogP contribution in [0.15, 0.2) is 36.8 Å². The minimum absolute atomic E-state index is 0.117. The quantitative estimate of drug-likeness (QED) is 0.758. The zero-order valence-electron chi connectivity index (χ0n) is 16.0. The molecule has 0 aliphatic rings. The van der Waals surface area contributed by atoms with Crippen molar-refractivity contribution in [2.75, 3.05) is 5.43 Å². The highest BCUT2D eigenvalue weighted by Crippen LogP contribution is 2.30. The fourth-order valence-corrected chi connectivity index (χ4v) is 3.56. The van der Waals surface area contributed by atoms with Gasteiger partial charge in [-0.05, 0) is 56.4 Å². The van der Waals surface area contributed by atoms with Gasteiger partial charge in [0.05, 0.1) is 0 Å². The number of imidazole rings is 1. The Balaban J connectivity index is 2.14. The molecule has 0 amide bonds. The molecule has 0 saturated heterocycles. The molecule has 3 heterocycles. The Labute approximate surface area is 149 Å². The molecule has 0 aliphatic carbocycles. The summed E-state index contributed by atoms with van der Waals surface area (Å²) in [5.41, 5.74) is 7.60. The number of hydrogen-bond donors (Lipinski definition) is 1. The van der Waals surface area contributed by atoms with E-state index in [1.54, 1.807) is 6.20 Å². The molecule has 0 radical (unpaired) electrons. The van der Waals surface area contributed by atoms with Gasteiger partial charge in [-0.2, -0.15) is 0 Å². The first kappa shape index (κ1) is 17.4. The third-order valence-electron chi connectivity index (χ3n) is 4.05. The van der Waals surface area contributed by atoms with Crippen LogP contribution in [0.4, 0.5) is 0 Å². The molecular weight excluding hydrogens is 310 g/mol. The normalized spacial score (nSPS) is 12.6. The molecule has 0 aliphatic heterocycles. The van der Waals surface area contributed by atoms with Gasteiger partial charge >= 0.3 is 0 Å². The standard InChI is InChI=1S/C20H27N5/c1-14-9-11-22-18-16(14)23-17(15-8-7-10-21-12-15)25(18)24-20(5,6)13-19(2,3)4/h7-12,24H,13H2,1-6H3. The Bertz CT molecular complexity index is 872. The second-order valence-electron chi connectivity index (χ2n) is 8.55. The molecule has 3 rings (SSSR count). The van der Waals surface area contributed by atoms with Crippen molar-refractivity contribution < 1.29 is 0 Å². The lowest BCUT2D eigenvalue weighted by Crippen LogP contribution is -2.41. The van der Waals surface area contributed by atoms with Crippen molar-refractivity contribution in [3.63, 3.8) is 0 Å². The first-order chi connectivity index (χ1) is 11.7. The van der Waals surface area contributed by atoms with E-state index in [1.807, 2.05) is 35.3 Å². The van der Waals surface area contributed by atoms with Crippen molar-refractivity contribution in [3.05, 3.63) is 42.4 Å². The van der Waals surface area contributed by atoms with Gasteiger partial charge in [-0.25, -0.2) is 14.6 Å². The van der Waals surface area contributed by atoms with Gasteiger partial charge in [0.15, 0.2) is 11.5 Å². The van der Waals surface area contributed by atoms with E-state index in [0.29, 0.717) is 0 Å². The van der Waals surface area contributed by atoms with Crippen LogP contribution >= 0.6 is 0 Å². The number of aromatic nitrogens is 4. The lowest BCUT2D eigenvalue weighted by atomic mass is 9.82. The van der Waals surface area contributed by atoms with Gasteiger partial charge in [0.2, 0.25) is 0 Å². The smallest absolute Gasteiger partial charge is 0.179 e. The van der Waals surface area contributed by atoms with E-state index in [2.05, 4.69) is 56.9 Å². The summed E-state index contributed by atoms with van der Waals surface area (Å²) >= 11 is 0. The topological polar surface area (TPSA) is 55.6 Å². The molecule has 5 nitrogen and oxygen atoms in total. The van der Waals surface area contributed by atoms with E-state index in [4.69, 9.17) is 4.98 Å². The lowest BCUT2D eigenvalue weighted by Gasteiger charge is -2.34. The van der Waals surface area contributed by atoms with Crippen LogP contribution in [0.1, 0.15) is 46.6 Å². The number of nitrogens with one attached hydrogen (secondary N) is 1. The summed E-state index contributed by atoms with van der Waals surface area (Å²) in [6, 6.07) is 5.95. The largest absolute Gasteiger partial charge is 0.317 e. The zero-order chi connectivity index (χ0) is 18.2. The average Bonchev–Trinajstić information content (AvgIpc) is 2.85. The van der Waals surface area contributed by atoms with Crippen LogP contribution in [0.5, 0.6) is 0 Å². The Kier molecular flexibility index (Phi) is 4.27. The summed E-state index contributed by atoms with van der Waals surface area (Å²) in [6.07, 6.45) is 6.46. The molecule has 0 fully saturated rings. The predicted molar refractivity (Wildman–Crippen MR) is 103 cm³/mol. The molecule has 3 aromatic heterocycles. The second-order valence-corrected chi connectivity index (χ2v) is 8.55. The summed E-state index contributed by atoms with van der Waals surface area (Å²) < 4.78 is 2.02. The van der Waals surface area contributed by atoms with Crippen molar-refractivity contribution in [1.29, 1.82) is 0 Å². The van der Waals surface area contributed by atoms with Crippen LogP contribution < -0.4 is 5.43 Å². The first-order valence-electron chi connectivity index (χ1n) is 8.69. The van der Waals surface area contributed by atoms with Crippen LogP contribution in [-0.2, 0) is 0 Å². The first-order valence-corrected chi connectivity index (χ1v) is 8.69. The third kappa shape index (κ3) is 3.81. The molecule has 0 aromatic carbocycles. The lowest BCUT2D eigenvalue weighted by molar-refractivity contribution is 0.290. The molecule has 0 atom stereocenters. The fourth-order valence-electron chi connectivity index (χ4n) is 3.56. The molecule has 0 saturated carbocycles. The maximum absolute atomic E-state index is 4.86. The van der Waals surface area contributed by atoms with E-state index in [-0.39, 0.29) is 11.0 Å². The van der Waals surface area contributed by atoms with Crippen LogP contribution in [0.2, 0.25) is 0 Å². The van der Waals surface area contributed by atoms with Crippen molar-refractivity contribution in [3.8, 4) is 11.4 Å². The number of hydrogen-bond acceptors (Lipinski definition) is 4. The predicted octanol–water partition coefficient (Wildman–Crippen LogP) is 4.56. The molecule has 0 bridgehead atoms. The van der Waals surface area contributed by atoms with Crippen LogP contribution in [-0.4, -0.2) is 25.2 Å². The molecule has 1 N–H and O–H groups in total. The van der Waals surface area contributed by atoms with Crippen molar-refractivity contribution in [1.82, 2.24) is 19.6 Å². The van der Waals surface area contributed by atoms with Crippen LogP contribution in [0.3, 0.4) is 0 Å². The van der Waals surface area contributed by atoms with E-state index in [9.17, 15) is 0 Å². The summed E-state index contributed by atoms with van der Waals surface area (Å²) in [6.45, 7) is 13.3. The maximum Gasteiger partial charge on any atom is 0.179 e. The van der Waals surface area contributed by atoms with Gasteiger partial charge in [-0.3, -0.25) is 4.98 Å². The molecule has 132 valence electrons. The summed E-state index contributed by atoms with van der Waals surface area (Å²) in [4.78, 5) is 13.7. The Morgan fingerprint density at radius 2 is 1.84 bits per heavy atom. The number of fused-ring (bicyclic) bond motifs is 1. The summed E-state index contributed by atoms with van der Waals surface area (Å²) in [7, 11) is 0. The number of aryl methyl sites for hydroxylation is 1.